The van der Waals surface area contributed by atoms with E-state index >= 15 is 0 Å². The highest BCUT2D eigenvalue weighted by Gasteiger charge is 2.27. The molecule has 1 atom stereocenters. The van der Waals surface area contributed by atoms with Gasteiger partial charge in [-0.05, 0) is 6.42 Å². The van der Waals surface area contributed by atoms with Crippen LogP contribution < -0.4 is 5.32 Å². The fourth-order valence-electron chi connectivity index (χ4n) is 1.84. The van der Waals surface area contributed by atoms with Gasteiger partial charge in [-0.1, -0.05) is 19.8 Å². The lowest BCUT2D eigenvalue weighted by Crippen LogP contribution is -2.37. The standard InChI is InChI=1S/C13H21NO4/c1-2-3-4-5-10(15)6-7-12(16)14-11-8-9-18-13(11)17/h11H,2-9H2,1H3,(H,14,16). The number of nitrogens with one attached hydrogen (secondary N) is 1. The summed E-state index contributed by atoms with van der Waals surface area (Å²) in [6.07, 6.45) is 4.52. The molecule has 1 rings (SSSR count). The molecule has 0 aromatic rings. The molecule has 1 fully saturated rings. The highest BCUT2D eigenvalue weighted by atomic mass is 16.5. The summed E-state index contributed by atoms with van der Waals surface area (Å²) in [5.41, 5.74) is 0. The molecule has 0 saturated carbocycles. The van der Waals surface area contributed by atoms with Gasteiger partial charge in [-0.2, -0.15) is 0 Å². The fourth-order valence-corrected chi connectivity index (χ4v) is 1.84. The molecule has 0 spiro atoms. The second-order valence-corrected chi connectivity index (χ2v) is 4.57. The van der Waals surface area contributed by atoms with Crippen molar-refractivity contribution in [1.29, 1.82) is 0 Å². The van der Waals surface area contributed by atoms with E-state index in [1.807, 2.05) is 0 Å². The number of carbonyl (C=O) groups is 3. The van der Waals surface area contributed by atoms with Gasteiger partial charge in [-0.3, -0.25) is 9.59 Å². The van der Waals surface area contributed by atoms with Gasteiger partial charge < -0.3 is 10.1 Å². The van der Waals surface area contributed by atoms with Gasteiger partial charge in [0.25, 0.3) is 0 Å². The van der Waals surface area contributed by atoms with E-state index in [-0.39, 0.29) is 30.5 Å². The van der Waals surface area contributed by atoms with Crippen LogP contribution in [0.2, 0.25) is 0 Å². The van der Waals surface area contributed by atoms with Gasteiger partial charge in [-0.25, -0.2) is 4.79 Å². The van der Waals surface area contributed by atoms with Gasteiger partial charge in [-0.15, -0.1) is 0 Å². The lowest BCUT2D eigenvalue weighted by Gasteiger charge is -2.08. The van der Waals surface area contributed by atoms with E-state index in [2.05, 4.69) is 12.2 Å². The number of ether oxygens (including phenoxy) is 1. The summed E-state index contributed by atoms with van der Waals surface area (Å²) in [5, 5.41) is 2.59. The Balaban J connectivity index is 2.12. The Morgan fingerprint density at radius 1 is 1.28 bits per heavy atom. The predicted octanol–water partition coefficient (Wildman–Crippen LogP) is 1.35. The number of unbranched alkanes of at least 4 members (excludes halogenated alkanes) is 2. The number of Topliss-reactive ketones (excluding diaryl/α,β-unsaturated/α-hetero) is 1. The lowest BCUT2D eigenvalue weighted by molar-refractivity contribution is -0.141. The first-order valence-corrected chi connectivity index (χ1v) is 6.61. The monoisotopic (exact) mass is 255 g/mol. The molecule has 1 saturated heterocycles. The molecule has 102 valence electrons. The van der Waals surface area contributed by atoms with E-state index in [1.54, 1.807) is 0 Å². The molecule has 1 unspecified atom stereocenters. The van der Waals surface area contributed by atoms with Crippen molar-refractivity contribution in [3.63, 3.8) is 0 Å². The molecule has 1 aliphatic heterocycles. The van der Waals surface area contributed by atoms with Gasteiger partial charge in [0.2, 0.25) is 5.91 Å². The van der Waals surface area contributed by atoms with Crippen LogP contribution in [0.25, 0.3) is 0 Å². The summed E-state index contributed by atoms with van der Waals surface area (Å²) < 4.78 is 4.74. The van der Waals surface area contributed by atoms with Crippen molar-refractivity contribution in [1.82, 2.24) is 5.32 Å². The maximum Gasteiger partial charge on any atom is 0.328 e. The number of amides is 1. The molecule has 5 heteroatoms. The normalized spacial score (nSPS) is 18.5. The SMILES string of the molecule is CCCCCC(=O)CCC(=O)NC1CCOC1=O. The zero-order valence-corrected chi connectivity index (χ0v) is 10.9. The highest BCUT2D eigenvalue weighted by molar-refractivity contribution is 5.88. The number of esters is 1. The Morgan fingerprint density at radius 3 is 2.67 bits per heavy atom. The van der Waals surface area contributed by atoms with Crippen LogP contribution in [0.4, 0.5) is 0 Å². The van der Waals surface area contributed by atoms with E-state index < -0.39 is 6.04 Å². The number of hydrogen-bond acceptors (Lipinski definition) is 4. The number of cyclic esters (lactones) is 1. The minimum Gasteiger partial charge on any atom is -0.464 e. The summed E-state index contributed by atoms with van der Waals surface area (Å²) in [7, 11) is 0. The molecule has 0 bridgehead atoms. The zero-order chi connectivity index (χ0) is 13.4. The minimum atomic E-state index is -0.521. The van der Waals surface area contributed by atoms with Gasteiger partial charge in [0, 0.05) is 25.7 Å². The summed E-state index contributed by atoms with van der Waals surface area (Å²) in [6.45, 7) is 2.44. The molecule has 1 aliphatic rings. The smallest absolute Gasteiger partial charge is 0.328 e. The van der Waals surface area contributed by atoms with Crippen LogP contribution in [-0.4, -0.2) is 30.3 Å². The molecule has 0 aromatic carbocycles. The molecule has 0 aromatic heterocycles. The first-order valence-electron chi connectivity index (χ1n) is 6.61. The van der Waals surface area contributed by atoms with Crippen molar-refractivity contribution in [2.24, 2.45) is 0 Å². The van der Waals surface area contributed by atoms with Crippen molar-refractivity contribution < 1.29 is 19.1 Å². The molecule has 1 heterocycles. The Kier molecular flexibility index (Phi) is 6.39. The van der Waals surface area contributed by atoms with E-state index in [1.165, 1.54) is 0 Å². The maximum absolute atomic E-state index is 11.5. The third kappa shape index (κ3) is 5.29. The number of carbonyl (C=O) groups excluding carboxylic acids is 3. The molecule has 18 heavy (non-hydrogen) atoms. The van der Waals surface area contributed by atoms with Crippen molar-refractivity contribution >= 4 is 17.7 Å². The second kappa shape index (κ2) is 7.84. The van der Waals surface area contributed by atoms with Gasteiger partial charge >= 0.3 is 5.97 Å². The van der Waals surface area contributed by atoms with Crippen molar-refractivity contribution in [2.45, 2.75) is 57.9 Å². The highest BCUT2D eigenvalue weighted by Crippen LogP contribution is 2.07. The number of hydrogen-bond donors (Lipinski definition) is 1. The molecule has 1 N–H and O–H groups in total. The van der Waals surface area contributed by atoms with Crippen LogP contribution in [0.5, 0.6) is 0 Å². The van der Waals surface area contributed by atoms with E-state index in [0.717, 1.165) is 19.3 Å². The fraction of sp³-hybridized carbons (Fsp3) is 0.769. The molecule has 0 radical (unpaired) electrons. The van der Waals surface area contributed by atoms with Crippen LogP contribution >= 0.6 is 0 Å². The topological polar surface area (TPSA) is 72.5 Å². The number of rotatable bonds is 8. The van der Waals surface area contributed by atoms with Crippen LogP contribution in [-0.2, 0) is 19.1 Å². The van der Waals surface area contributed by atoms with Gasteiger partial charge in [0.15, 0.2) is 0 Å². The molecule has 0 aliphatic carbocycles. The van der Waals surface area contributed by atoms with E-state index in [4.69, 9.17) is 4.74 Å². The Morgan fingerprint density at radius 2 is 2.06 bits per heavy atom. The minimum absolute atomic E-state index is 0.118. The molecular weight excluding hydrogens is 234 g/mol. The first kappa shape index (κ1) is 14.7. The average molecular weight is 255 g/mol. The second-order valence-electron chi connectivity index (χ2n) is 4.57. The molecular formula is C13H21NO4. The maximum atomic E-state index is 11.5. The number of ketones is 1. The van der Waals surface area contributed by atoms with Crippen LogP contribution in [0.15, 0.2) is 0 Å². The largest absolute Gasteiger partial charge is 0.464 e. The van der Waals surface area contributed by atoms with Crippen LogP contribution in [0, 0.1) is 0 Å². The summed E-state index contributed by atoms with van der Waals surface area (Å²) in [4.78, 5) is 34.1. The van der Waals surface area contributed by atoms with E-state index in [9.17, 15) is 14.4 Å². The zero-order valence-electron chi connectivity index (χ0n) is 10.9. The Bertz CT molecular complexity index is 314. The Labute approximate surface area is 107 Å². The summed E-state index contributed by atoms with van der Waals surface area (Å²) in [5.74, 6) is -0.507. The average Bonchev–Trinajstić information content (AvgIpc) is 2.73. The first-order chi connectivity index (χ1) is 8.63. The van der Waals surface area contributed by atoms with Gasteiger partial charge in [0.1, 0.15) is 11.8 Å². The van der Waals surface area contributed by atoms with Crippen LogP contribution in [0.1, 0.15) is 51.9 Å². The summed E-state index contributed by atoms with van der Waals surface area (Å²) >= 11 is 0. The van der Waals surface area contributed by atoms with Gasteiger partial charge in [0.05, 0.1) is 6.61 Å². The van der Waals surface area contributed by atoms with Crippen molar-refractivity contribution in [3.8, 4) is 0 Å². The van der Waals surface area contributed by atoms with E-state index in [0.29, 0.717) is 19.4 Å². The third-order valence-electron chi connectivity index (χ3n) is 2.96. The molecule has 5 nitrogen and oxygen atoms in total. The van der Waals surface area contributed by atoms with Crippen molar-refractivity contribution in [3.05, 3.63) is 0 Å². The predicted molar refractivity (Wildman–Crippen MR) is 65.9 cm³/mol. The van der Waals surface area contributed by atoms with Crippen LogP contribution in [0.3, 0.4) is 0 Å². The molecule has 1 amide bonds. The third-order valence-corrected chi connectivity index (χ3v) is 2.96. The summed E-state index contributed by atoms with van der Waals surface area (Å²) in [6, 6.07) is -0.521. The van der Waals surface area contributed by atoms with Crippen molar-refractivity contribution in [2.75, 3.05) is 6.61 Å². The Hall–Kier alpha value is -1.39. The lowest BCUT2D eigenvalue weighted by atomic mass is 10.1. The quantitative estimate of drug-likeness (QED) is 0.525.